The van der Waals surface area contributed by atoms with Gasteiger partial charge < -0.3 is 0 Å². The highest BCUT2D eigenvalue weighted by atomic mass is 16.2. The third kappa shape index (κ3) is 2.35. The number of nitrogens with zero attached hydrogens (tertiary/aromatic N) is 3. The molecule has 0 fully saturated rings. The molecule has 5 nitrogen and oxygen atoms in total. The van der Waals surface area contributed by atoms with E-state index >= 15 is 0 Å². The fourth-order valence-corrected chi connectivity index (χ4v) is 2.56. The molecule has 0 atom stereocenters. The van der Waals surface area contributed by atoms with Crippen LogP contribution < -0.4 is 0 Å². The van der Waals surface area contributed by atoms with E-state index in [0.29, 0.717) is 30.6 Å². The smallest absolute Gasteiger partial charge is 0.261 e. The second-order valence-electron chi connectivity index (χ2n) is 5.32. The van der Waals surface area contributed by atoms with Gasteiger partial charge in [0.2, 0.25) is 0 Å². The van der Waals surface area contributed by atoms with Crippen molar-refractivity contribution in [2.75, 3.05) is 6.54 Å². The van der Waals surface area contributed by atoms with E-state index in [4.69, 9.17) is 0 Å². The highest BCUT2D eigenvalue weighted by Crippen LogP contribution is 2.22. The molecule has 0 aliphatic carbocycles. The van der Waals surface area contributed by atoms with E-state index in [0.717, 1.165) is 11.3 Å². The Morgan fingerprint density at radius 3 is 2.14 bits per heavy atom. The summed E-state index contributed by atoms with van der Waals surface area (Å²) in [6.07, 6.45) is 2.68. The number of hydrogen-bond acceptors (Lipinski definition) is 3. The minimum atomic E-state index is -0.191. The van der Waals surface area contributed by atoms with Crippen LogP contribution in [0.5, 0.6) is 0 Å². The van der Waals surface area contributed by atoms with E-state index in [1.165, 1.54) is 4.90 Å². The first-order valence-corrected chi connectivity index (χ1v) is 7.04. The molecule has 0 saturated heterocycles. The second-order valence-corrected chi connectivity index (χ2v) is 5.32. The van der Waals surface area contributed by atoms with E-state index in [2.05, 4.69) is 5.10 Å². The summed E-state index contributed by atoms with van der Waals surface area (Å²) in [5, 5.41) is 4.38. The highest BCUT2D eigenvalue weighted by molar-refractivity contribution is 6.21. The van der Waals surface area contributed by atoms with Crippen LogP contribution in [0.3, 0.4) is 0 Å². The third-order valence-corrected chi connectivity index (χ3v) is 3.84. The van der Waals surface area contributed by atoms with Crippen molar-refractivity contribution in [1.29, 1.82) is 0 Å². The number of carbonyl (C=O) groups is 2. The first-order valence-electron chi connectivity index (χ1n) is 7.04. The first-order chi connectivity index (χ1) is 10.1. The van der Waals surface area contributed by atoms with Gasteiger partial charge in [-0.15, -0.1) is 0 Å². The van der Waals surface area contributed by atoms with Crippen molar-refractivity contribution >= 4 is 11.8 Å². The molecule has 21 heavy (non-hydrogen) atoms. The van der Waals surface area contributed by atoms with Gasteiger partial charge in [-0.2, -0.15) is 5.10 Å². The Hall–Kier alpha value is -2.43. The van der Waals surface area contributed by atoms with Gasteiger partial charge in [-0.25, -0.2) is 0 Å². The first kappa shape index (κ1) is 13.5. The number of aryl methyl sites for hydroxylation is 3. The number of hydrogen-bond donors (Lipinski definition) is 0. The number of benzene rings is 1. The van der Waals surface area contributed by atoms with Crippen molar-refractivity contribution in [3.8, 4) is 0 Å². The predicted octanol–water partition coefficient (Wildman–Crippen LogP) is 2.19. The van der Waals surface area contributed by atoms with Crippen molar-refractivity contribution in [2.45, 2.75) is 26.8 Å². The maximum Gasteiger partial charge on any atom is 0.261 e. The summed E-state index contributed by atoms with van der Waals surface area (Å²) in [4.78, 5) is 25.7. The summed E-state index contributed by atoms with van der Waals surface area (Å²) in [6, 6.07) is 6.97. The molecule has 0 radical (unpaired) electrons. The second kappa shape index (κ2) is 5.16. The minimum Gasteiger partial charge on any atom is -0.274 e. The molecule has 2 amide bonds. The summed E-state index contributed by atoms with van der Waals surface area (Å²) < 4.78 is 1.86. The van der Waals surface area contributed by atoms with Gasteiger partial charge in [0.05, 0.1) is 16.8 Å². The summed E-state index contributed by atoms with van der Waals surface area (Å²) >= 11 is 0. The monoisotopic (exact) mass is 283 g/mol. The lowest BCUT2D eigenvalue weighted by Crippen LogP contribution is -2.31. The number of rotatable bonds is 4. The number of aromatic nitrogens is 2. The van der Waals surface area contributed by atoms with Crippen molar-refractivity contribution in [3.63, 3.8) is 0 Å². The maximum absolute atomic E-state index is 12.2. The zero-order valence-corrected chi connectivity index (χ0v) is 12.2. The number of imide groups is 1. The van der Waals surface area contributed by atoms with Crippen LogP contribution in [0.25, 0.3) is 0 Å². The van der Waals surface area contributed by atoms with E-state index in [9.17, 15) is 9.59 Å². The average molecular weight is 283 g/mol. The molecule has 5 heteroatoms. The molecule has 2 aromatic rings. The molecule has 1 aliphatic rings. The number of amides is 2. The number of carbonyl (C=O) groups excluding carboxylic acids is 2. The highest BCUT2D eigenvalue weighted by Gasteiger charge is 2.34. The lowest BCUT2D eigenvalue weighted by molar-refractivity contribution is 0.0650. The Morgan fingerprint density at radius 2 is 1.62 bits per heavy atom. The zero-order chi connectivity index (χ0) is 15.0. The quantitative estimate of drug-likeness (QED) is 0.808. The van der Waals surface area contributed by atoms with E-state index in [1.54, 1.807) is 24.3 Å². The van der Waals surface area contributed by atoms with Crippen LogP contribution in [0.1, 0.15) is 38.4 Å². The van der Waals surface area contributed by atoms with E-state index in [-0.39, 0.29) is 11.8 Å². The van der Waals surface area contributed by atoms with Gasteiger partial charge in [0.1, 0.15) is 0 Å². The van der Waals surface area contributed by atoms with Crippen molar-refractivity contribution in [1.82, 2.24) is 14.7 Å². The van der Waals surface area contributed by atoms with Gasteiger partial charge in [0.15, 0.2) is 0 Å². The van der Waals surface area contributed by atoms with Crippen LogP contribution in [0.4, 0.5) is 0 Å². The van der Waals surface area contributed by atoms with Crippen LogP contribution >= 0.6 is 0 Å². The molecular weight excluding hydrogens is 266 g/mol. The Bertz CT molecular complexity index is 664. The molecule has 1 aliphatic heterocycles. The summed E-state index contributed by atoms with van der Waals surface area (Å²) in [5.74, 6) is -0.383. The average Bonchev–Trinajstić information content (AvgIpc) is 2.92. The summed E-state index contributed by atoms with van der Waals surface area (Å²) in [5.41, 5.74) is 3.17. The van der Waals surface area contributed by atoms with Crippen LogP contribution in [-0.2, 0) is 6.54 Å². The molecule has 0 saturated carbocycles. The predicted molar refractivity (Wildman–Crippen MR) is 78.1 cm³/mol. The molecule has 1 aromatic heterocycles. The standard InChI is InChI=1S/C16H17N3O2/c1-11-10-18(17-12(11)2)8-5-9-19-15(20)13-6-3-4-7-14(13)16(19)21/h3-4,6-7,10H,5,8-9H2,1-2H3. The fraction of sp³-hybridized carbons (Fsp3) is 0.312. The minimum absolute atomic E-state index is 0.191. The van der Waals surface area contributed by atoms with Gasteiger partial charge >= 0.3 is 0 Å². The topological polar surface area (TPSA) is 55.2 Å². The fourth-order valence-electron chi connectivity index (χ4n) is 2.56. The molecule has 0 bridgehead atoms. The lowest BCUT2D eigenvalue weighted by Gasteiger charge is -2.13. The molecule has 3 rings (SSSR count). The van der Waals surface area contributed by atoms with Gasteiger partial charge in [-0.05, 0) is 38.0 Å². The molecule has 0 spiro atoms. The SMILES string of the molecule is Cc1cn(CCCN2C(=O)c3ccccc3C2=O)nc1C. The molecule has 108 valence electrons. The van der Waals surface area contributed by atoms with Crippen LogP contribution in [0.2, 0.25) is 0 Å². The largest absolute Gasteiger partial charge is 0.274 e. The van der Waals surface area contributed by atoms with Gasteiger partial charge in [0, 0.05) is 19.3 Å². The number of fused-ring (bicyclic) bond motifs is 1. The van der Waals surface area contributed by atoms with Crippen LogP contribution in [0, 0.1) is 13.8 Å². The normalized spacial score (nSPS) is 13.9. The maximum atomic E-state index is 12.2. The summed E-state index contributed by atoms with van der Waals surface area (Å²) in [7, 11) is 0. The van der Waals surface area contributed by atoms with Gasteiger partial charge in [-0.1, -0.05) is 12.1 Å². The molecule has 0 N–H and O–H groups in total. The van der Waals surface area contributed by atoms with Crippen molar-refractivity contribution in [3.05, 3.63) is 52.8 Å². The van der Waals surface area contributed by atoms with Crippen LogP contribution in [0.15, 0.2) is 30.5 Å². The van der Waals surface area contributed by atoms with Gasteiger partial charge in [-0.3, -0.25) is 19.2 Å². The van der Waals surface area contributed by atoms with Crippen molar-refractivity contribution in [2.24, 2.45) is 0 Å². The van der Waals surface area contributed by atoms with E-state index in [1.807, 2.05) is 24.7 Å². The van der Waals surface area contributed by atoms with Crippen LogP contribution in [-0.4, -0.2) is 33.0 Å². The Balaban J connectivity index is 1.64. The molecule has 0 unspecified atom stereocenters. The molecule has 1 aromatic carbocycles. The van der Waals surface area contributed by atoms with Gasteiger partial charge in [0.25, 0.3) is 11.8 Å². The zero-order valence-electron chi connectivity index (χ0n) is 12.2. The Morgan fingerprint density at radius 1 is 1.00 bits per heavy atom. The summed E-state index contributed by atoms with van der Waals surface area (Å²) in [6.45, 7) is 5.10. The lowest BCUT2D eigenvalue weighted by atomic mass is 10.1. The molecular formula is C16H17N3O2. The Kier molecular flexibility index (Phi) is 3.33. The third-order valence-electron chi connectivity index (χ3n) is 3.84. The van der Waals surface area contributed by atoms with Crippen molar-refractivity contribution < 1.29 is 9.59 Å². The van der Waals surface area contributed by atoms with E-state index < -0.39 is 0 Å². The Labute approximate surface area is 123 Å². The molecule has 2 heterocycles.